The number of aromatic nitrogens is 1. The molecule has 1 atom stereocenters. The lowest BCUT2D eigenvalue weighted by Crippen LogP contribution is -2.31. The molecule has 0 radical (unpaired) electrons. The van der Waals surface area contributed by atoms with Crippen LogP contribution in [-0.2, 0) is 0 Å². The molecule has 0 N–H and O–H groups in total. The summed E-state index contributed by atoms with van der Waals surface area (Å²) in [4.78, 5) is 5.87. The minimum Gasteiger partial charge on any atom is -0.356 e. The maximum absolute atomic E-state index is 13.1. The van der Waals surface area contributed by atoms with Crippen molar-refractivity contribution in [2.24, 2.45) is 0 Å². The number of nitriles is 1. The van der Waals surface area contributed by atoms with E-state index >= 15 is 0 Å². The summed E-state index contributed by atoms with van der Waals surface area (Å²) >= 11 is 0. The van der Waals surface area contributed by atoms with Crippen molar-refractivity contribution in [3.05, 3.63) is 23.9 Å². The Bertz CT molecular complexity index is 436. The Labute approximate surface area is 98.7 Å². The van der Waals surface area contributed by atoms with Gasteiger partial charge < -0.3 is 4.90 Å². The number of alkyl halides is 2. The van der Waals surface area contributed by atoms with E-state index in [1.165, 1.54) is 6.20 Å². The van der Waals surface area contributed by atoms with Crippen LogP contribution >= 0.6 is 0 Å². The molecule has 0 unspecified atom stereocenters. The summed E-state index contributed by atoms with van der Waals surface area (Å²) in [5, 5.41) is 8.64. The molecule has 0 aliphatic heterocycles. The molecule has 0 amide bonds. The second-order valence-electron chi connectivity index (χ2n) is 4.38. The summed E-state index contributed by atoms with van der Waals surface area (Å²) in [6, 6.07) is 5.13. The highest BCUT2D eigenvalue weighted by molar-refractivity contribution is 5.42. The first kappa shape index (κ1) is 11.8. The van der Waals surface area contributed by atoms with Crippen LogP contribution in [0.3, 0.4) is 0 Å². The van der Waals surface area contributed by atoms with Gasteiger partial charge in [0.15, 0.2) is 0 Å². The average molecular weight is 237 g/mol. The molecule has 5 heteroatoms. The van der Waals surface area contributed by atoms with E-state index in [1.54, 1.807) is 24.1 Å². The fourth-order valence-electron chi connectivity index (χ4n) is 2.11. The van der Waals surface area contributed by atoms with Gasteiger partial charge in [0.05, 0.1) is 5.56 Å². The van der Waals surface area contributed by atoms with Gasteiger partial charge in [-0.25, -0.2) is 13.8 Å². The van der Waals surface area contributed by atoms with E-state index in [-0.39, 0.29) is 18.9 Å². The van der Waals surface area contributed by atoms with Gasteiger partial charge in [0.2, 0.25) is 5.92 Å². The highest BCUT2D eigenvalue weighted by Crippen LogP contribution is 2.37. The molecule has 1 heterocycles. The minimum atomic E-state index is -2.55. The highest BCUT2D eigenvalue weighted by atomic mass is 19.3. The van der Waals surface area contributed by atoms with E-state index in [4.69, 9.17) is 5.26 Å². The van der Waals surface area contributed by atoms with Crippen molar-refractivity contribution in [3.8, 4) is 6.07 Å². The van der Waals surface area contributed by atoms with E-state index in [9.17, 15) is 8.78 Å². The quantitative estimate of drug-likeness (QED) is 0.793. The van der Waals surface area contributed by atoms with Crippen LogP contribution in [-0.4, -0.2) is 24.0 Å². The molecule has 0 aromatic carbocycles. The SMILES string of the molecule is CN(c1ccc(C#N)cn1)[C@H]1CCC(F)(F)C1. The first-order valence-electron chi connectivity index (χ1n) is 5.49. The van der Waals surface area contributed by atoms with Crippen molar-refractivity contribution in [1.29, 1.82) is 5.26 Å². The number of anilines is 1. The first-order valence-corrected chi connectivity index (χ1v) is 5.49. The normalized spacial score (nSPS) is 22.1. The standard InChI is InChI=1S/C12H13F2N3/c1-17(10-4-5-12(13,14)6-10)11-3-2-9(7-15)8-16-11/h2-3,8,10H,4-6H2,1H3/t10-/m0/s1. The molecule has 1 saturated carbocycles. The Kier molecular flexibility index (Phi) is 2.97. The van der Waals surface area contributed by atoms with Crippen LogP contribution in [0.2, 0.25) is 0 Å². The lowest BCUT2D eigenvalue weighted by Gasteiger charge is -2.25. The zero-order valence-electron chi connectivity index (χ0n) is 9.53. The van der Waals surface area contributed by atoms with Gasteiger partial charge in [-0.2, -0.15) is 5.26 Å². The number of halogens is 2. The third-order valence-corrected chi connectivity index (χ3v) is 3.16. The van der Waals surface area contributed by atoms with Crippen LogP contribution in [0.5, 0.6) is 0 Å². The molecule has 3 nitrogen and oxygen atoms in total. The van der Waals surface area contributed by atoms with Gasteiger partial charge in [0.1, 0.15) is 11.9 Å². The van der Waals surface area contributed by atoms with Crippen LogP contribution in [0.15, 0.2) is 18.3 Å². The Morgan fingerprint density at radius 3 is 2.76 bits per heavy atom. The van der Waals surface area contributed by atoms with E-state index in [1.807, 2.05) is 6.07 Å². The third kappa shape index (κ3) is 2.52. The summed E-state index contributed by atoms with van der Waals surface area (Å²) < 4.78 is 26.2. The number of rotatable bonds is 2. The molecule has 1 aromatic rings. The van der Waals surface area contributed by atoms with E-state index in [2.05, 4.69) is 4.98 Å². The Hall–Kier alpha value is -1.70. The fraction of sp³-hybridized carbons (Fsp3) is 0.500. The van der Waals surface area contributed by atoms with Crippen molar-refractivity contribution in [2.75, 3.05) is 11.9 Å². The Balaban J connectivity index is 2.10. The average Bonchev–Trinajstić information content (AvgIpc) is 2.69. The summed E-state index contributed by atoms with van der Waals surface area (Å²) in [5.41, 5.74) is 0.471. The molecule has 0 saturated heterocycles. The lowest BCUT2D eigenvalue weighted by atomic mass is 10.2. The zero-order valence-corrected chi connectivity index (χ0v) is 9.53. The van der Waals surface area contributed by atoms with Gasteiger partial charge in [-0.15, -0.1) is 0 Å². The number of hydrogen-bond donors (Lipinski definition) is 0. The maximum atomic E-state index is 13.1. The molecular formula is C12H13F2N3. The Morgan fingerprint density at radius 1 is 1.53 bits per heavy atom. The molecule has 0 spiro atoms. The van der Waals surface area contributed by atoms with E-state index < -0.39 is 5.92 Å². The monoisotopic (exact) mass is 237 g/mol. The van der Waals surface area contributed by atoms with Crippen LogP contribution in [0.1, 0.15) is 24.8 Å². The number of hydrogen-bond acceptors (Lipinski definition) is 3. The third-order valence-electron chi connectivity index (χ3n) is 3.16. The molecule has 2 rings (SSSR count). The van der Waals surface area contributed by atoms with Crippen LogP contribution in [0, 0.1) is 11.3 Å². The second-order valence-corrected chi connectivity index (χ2v) is 4.38. The smallest absolute Gasteiger partial charge is 0.250 e. The van der Waals surface area contributed by atoms with Gasteiger partial charge >= 0.3 is 0 Å². The second kappa shape index (κ2) is 4.28. The zero-order chi connectivity index (χ0) is 12.5. The molecule has 90 valence electrons. The summed E-state index contributed by atoms with van der Waals surface area (Å²) in [7, 11) is 1.76. The molecule has 0 bridgehead atoms. The number of nitrogens with zero attached hydrogens (tertiary/aromatic N) is 3. The minimum absolute atomic E-state index is 0.0573. The molecule has 1 aliphatic rings. The lowest BCUT2D eigenvalue weighted by molar-refractivity contribution is 0.00786. The molecule has 1 fully saturated rings. The molecular weight excluding hydrogens is 224 g/mol. The van der Waals surface area contributed by atoms with Gasteiger partial charge in [0, 0.05) is 32.1 Å². The van der Waals surface area contributed by atoms with Gasteiger partial charge in [-0.1, -0.05) is 0 Å². The molecule has 1 aromatic heterocycles. The van der Waals surface area contributed by atoms with Crippen molar-refractivity contribution in [3.63, 3.8) is 0 Å². The first-order chi connectivity index (χ1) is 8.02. The van der Waals surface area contributed by atoms with Crippen molar-refractivity contribution in [1.82, 2.24) is 4.98 Å². The van der Waals surface area contributed by atoms with Crippen molar-refractivity contribution < 1.29 is 8.78 Å². The predicted molar refractivity (Wildman–Crippen MR) is 59.9 cm³/mol. The van der Waals surface area contributed by atoms with Crippen molar-refractivity contribution in [2.45, 2.75) is 31.2 Å². The van der Waals surface area contributed by atoms with E-state index in [0.717, 1.165) is 0 Å². The largest absolute Gasteiger partial charge is 0.356 e. The topological polar surface area (TPSA) is 39.9 Å². The summed E-state index contributed by atoms with van der Waals surface area (Å²) in [5.74, 6) is -1.92. The maximum Gasteiger partial charge on any atom is 0.250 e. The summed E-state index contributed by atoms with van der Waals surface area (Å²) in [6.45, 7) is 0. The van der Waals surface area contributed by atoms with Crippen LogP contribution in [0.4, 0.5) is 14.6 Å². The molecule has 17 heavy (non-hydrogen) atoms. The van der Waals surface area contributed by atoms with Gasteiger partial charge in [0.25, 0.3) is 0 Å². The van der Waals surface area contributed by atoms with Crippen molar-refractivity contribution >= 4 is 5.82 Å². The van der Waals surface area contributed by atoms with Crippen LogP contribution < -0.4 is 4.90 Å². The van der Waals surface area contributed by atoms with E-state index in [0.29, 0.717) is 17.8 Å². The summed E-state index contributed by atoms with van der Waals surface area (Å²) in [6.07, 6.45) is 1.76. The predicted octanol–water partition coefficient (Wildman–Crippen LogP) is 2.58. The fourth-order valence-corrected chi connectivity index (χ4v) is 2.11. The van der Waals surface area contributed by atoms with Gasteiger partial charge in [-0.05, 0) is 18.6 Å². The van der Waals surface area contributed by atoms with Gasteiger partial charge in [-0.3, -0.25) is 0 Å². The number of pyridine rings is 1. The molecule has 1 aliphatic carbocycles. The highest BCUT2D eigenvalue weighted by Gasteiger charge is 2.41. The Morgan fingerprint density at radius 2 is 2.29 bits per heavy atom. The van der Waals surface area contributed by atoms with Crippen LogP contribution in [0.25, 0.3) is 0 Å².